The fourth-order valence-corrected chi connectivity index (χ4v) is 2.00. The highest BCUT2D eigenvalue weighted by Crippen LogP contribution is 2.18. The maximum Gasteiger partial charge on any atom is 0.0992 e. The first-order chi connectivity index (χ1) is 8.65. The summed E-state index contributed by atoms with van der Waals surface area (Å²) in [4.78, 5) is 2.19. The van der Waals surface area contributed by atoms with Gasteiger partial charge in [-0.2, -0.15) is 5.26 Å². The van der Waals surface area contributed by atoms with E-state index in [0.29, 0.717) is 5.56 Å². The summed E-state index contributed by atoms with van der Waals surface area (Å²) in [7, 11) is 3.76. The Morgan fingerprint density at radius 3 is 2.83 bits per heavy atom. The maximum atomic E-state index is 8.88. The Morgan fingerprint density at radius 2 is 2.17 bits per heavy atom. The van der Waals surface area contributed by atoms with E-state index in [0.717, 1.165) is 36.4 Å². The molecule has 18 heavy (non-hydrogen) atoms. The molecule has 0 saturated carbocycles. The minimum absolute atomic E-state index is 0.652. The normalized spacial score (nSPS) is 10.4. The zero-order chi connectivity index (χ0) is 13.4. The van der Waals surface area contributed by atoms with Crippen molar-refractivity contribution in [2.45, 2.75) is 0 Å². The minimum atomic E-state index is 0.652. The molecule has 0 fully saturated rings. The third-order valence-electron chi connectivity index (χ3n) is 2.53. The Labute approximate surface area is 117 Å². The number of hydrogen-bond acceptors (Lipinski definition) is 4. The summed E-state index contributed by atoms with van der Waals surface area (Å²) in [6.45, 7) is 3.42. The van der Waals surface area contributed by atoms with Crippen LogP contribution in [0.3, 0.4) is 0 Å². The molecule has 1 aromatic rings. The molecule has 1 N–H and O–H groups in total. The molecule has 98 valence electrons. The van der Waals surface area contributed by atoms with Crippen molar-refractivity contribution in [3.8, 4) is 6.07 Å². The lowest BCUT2D eigenvalue weighted by molar-refractivity contribution is 0.163. The van der Waals surface area contributed by atoms with Gasteiger partial charge in [-0.1, -0.05) is 15.9 Å². The first-order valence-corrected chi connectivity index (χ1v) is 6.57. The molecular weight excluding hydrogens is 294 g/mol. The number of anilines is 1. The molecule has 0 bridgehead atoms. The van der Waals surface area contributed by atoms with Gasteiger partial charge in [-0.25, -0.2) is 0 Å². The second-order valence-electron chi connectivity index (χ2n) is 4.06. The minimum Gasteiger partial charge on any atom is -0.384 e. The van der Waals surface area contributed by atoms with Crippen molar-refractivity contribution in [1.82, 2.24) is 4.90 Å². The van der Waals surface area contributed by atoms with Crippen LogP contribution in [0.15, 0.2) is 22.7 Å². The molecule has 0 atom stereocenters. The molecule has 0 spiro atoms. The number of nitrogens with one attached hydrogen (secondary N) is 1. The molecule has 0 aromatic heterocycles. The standard InChI is InChI=1S/C13H18BrN3O/c1-17(5-6-18-2)4-3-16-13-8-11(10-15)7-12(14)9-13/h7-9,16H,3-6H2,1-2H3. The first kappa shape index (κ1) is 15.0. The van der Waals surface area contributed by atoms with Crippen molar-refractivity contribution in [3.63, 3.8) is 0 Å². The van der Waals surface area contributed by atoms with E-state index in [9.17, 15) is 0 Å². The summed E-state index contributed by atoms with van der Waals surface area (Å²) in [5.74, 6) is 0. The number of benzene rings is 1. The van der Waals surface area contributed by atoms with Crippen LogP contribution < -0.4 is 5.32 Å². The Morgan fingerprint density at radius 1 is 1.39 bits per heavy atom. The van der Waals surface area contributed by atoms with Gasteiger partial charge in [-0.15, -0.1) is 0 Å². The Hall–Kier alpha value is -1.09. The van der Waals surface area contributed by atoms with Crippen LogP contribution in [0.2, 0.25) is 0 Å². The van der Waals surface area contributed by atoms with Crippen LogP contribution in [0.5, 0.6) is 0 Å². The molecule has 1 rings (SSSR count). The smallest absolute Gasteiger partial charge is 0.0992 e. The highest BCUT2D eigenvalue weighted by Gasteiger charge is 2.00. The molecule has 0 radical (unpaired) electrons. The van der Waals surface area contributed by atoms with Gasteiger partial charge in [0.2, 0.25) is 0 Å². The van der Waals surface area contributed by atoms with Gasteiger partial charge >= 0.3 is 0 Å². The number of nitriles is 1. The van der Waals surface area contributed by atoms with E-state index in [1.165, 1.54) is 0 Å². The number of rotatable bonds is 7. The van der Waals surface area contributed by atoms with Crippen molar-refractivity contribution in [3.05, 3.63) is 28.2 Å². The predicted octanol–water partition coefficient (Wildman–Crippen LogP) is 2.31. The van der Waals surface area contributed by atoms with Gasteiger partial charge in [0.1, 0.15) is 0 Å². The van der Waals surface area contributed by atoms with Crippen LogP contribution in [-0.2, 0) is 4.74 Å². The zero-order valence-corrected chi connectivity index (χ0v) is 12.3. The number of methoxy groups -OCH3 is 1. The Balaban J connectivity index is 2.39. The molecule has 0 aliphatic rings. The van der Waals surface area contributed by atoms with Crippen LogP contribution in [0.4, 0.5) is 5.69 Å². The van der Waals surface area contributed by atoms with E-state index in [2.05, 4.69) is 39.3 Å². The van der Waals surface area contributed by atoms with Crippen molar-refractivity contribution in [2.75, 3.05) is 45.7 Å². The fourth-order valence-electron chi connectivity index (χ4n) is 1.51. The third-order valence-corrected chi connectivity index (χ3v) is 2.98. The van der Waals surface area contributed by atoms with Crippen molar-refractivity contribution in [2.24, 2.45) is 0 Å². The summed E-state index contributed by atoms with van der Waals surface area (Å²) in [6, 6.07) is 7.76. The molecule has 0 amide bonds. The molecular formula is C13H18BrN3O. The van der Waals surface area contributed by atoms with E-state index in [1.807, 2.05) is 12.1 Å². The predicted molar refractivity (Wildman–Crippen MR) is 76.7 cm³/mol. The molecule has 0 heterocycles. The summed E-state index contributed by atoms with van der Waals surface area (Å²) in [5, 5.41) is 12.2. The lowest BCUT2D eigenvalue weighted by Crippen LogP contribution is -2.28. The van der Waals surface area contributed by atoms with E-state index >= 15 is 0 Å². The van der Waals surface area contributed by atoms with Gasteiger partial charge in [-0.3, -0.25) is 0 Å². The summed E-state index contributed by atoms with van der Waals surface area (Å²) in [5.41, 5.74) is 1.61. The molecule has 0 unspecified atom stereocenters. The monoisotopic (exact) mass is 311 g/mol. The highest BCUT2D eigenvalue weighted by molar-refractivity contribution is 9.10. The van der Waals surface area contributed by atoms with Gasteiger partial charge in [0, 0.05) is 36.9 Å². The molecule has 0 aliphatic heterocycles. The number of hydrogen-bond donors (Lipinski definition) is 1. The number of halogens is 1. The molecule has 5 heteroatoms. The van der Waals surface area contributed by atoms with Crippen molar-refractivity contribution < 1.29 is 4.74 Å². The van der Waals surface area contributed by atoms with Crippen LogP contribution in [0.1, 0.15) is 5.56 Å². The molecule has 0 saturated heterocycles. The van der Waals surface area contributed by atoms with Crippen LogP contribution in [0, 0.1) is 11.3 Å². The van der Waals surface area contributed by atoms with Gasteiger partial charge in [0.05, 0.1) is 18.2 Å². The van der Waals surface area contributed by atoms with E-state index in [1.54, 1.807) is 13.2 Å². The summed E-state index contributed by atoms with van der Waals surface area (Å²) < 4.78 is 5.93. The second-order valence-corrected chi connectivity index (χ2v) is 4.98. The van der Waals surface area contributed by atoms with Gasteiger partial charge < -0.3 is 15.0 Å². The topological polar surface area (TPSA) is 48.3 Å². The van der Waals surface area contributed by atoms with Crippen LogP contribution in [-0.4, -0.2) is 45.3 Å². The van der Waals surface area contributed by atoms with Gasteiger partial charge in [-0.05, 0) is 25.2 Å². The lowest BCUT2D eigenvalue weighted by atomic mass is 10.2. The maximum absolute atomic E-state index is 8.88. The summed E-state index contributed by atoms with van der Waals surface area (Å²) in [6.07, 6.45) is 0. The number of likely N-dealkylation sites (N-methyl/N-ethyl adjacent to an activating group) is 1. The van der Waals surface area contributed by atoms with Crippen molar-refractivity contribution in [1.29, 1.82) is 5.26 Å². The lowest BCUT2D eigenvalue weighted by Gasteiger charge is -2.16. The molecule has 1 aromatic carbocycles. The summed E-state index contributed by atoms with van der Waals surface area (Å²) >= 11 is 3.39. The SMILES string of the molecule is COCCN(C)CCNc1cc(Br)cc(C#N)c1. The van der Waals surface area contributed by atoms with Gasteiger partial charge in [0.25, 0.3) is 0 Å². The number of nitrogens with zero attached hydrogens (tertiary/aromatic N) is 2. The second kappa shape index (κ2) is 8.09. The third kappa shape index (κ3) is 5.50. The Kier molecular flexibility index (Phi) is 6.73. The quantitative estimate of drug-likeness (QED) is 0.839. The average molecular weight is 312 g/mol. The van der Waals surface area contributed by atoms with Crippen molar-refractivity contribution >= 4 is 21.6 Å². The van der Waals surface area contributed by atoms with Crippen LogP contribution >= 0.6 is 15.9 Å². The van der Waals surface area contributed by atoms with E-state index < -0.39 is 0 Å². The highest BCUT2D eigenvalue weighted by atomic mass is 79.9. The van der Waals surface area contributed by atoms with E-state index in [4.69, 9.17) is 10.00 Å². The Bertz CT molecular complexity index is 417. The first-order valence-electron chi connectivity index (χ1n) is 5.77. The number of ether oxygens (including phenoxy) is 1. The molecule has 0 aliphatic carbocycles. The largest absolute Gasteiger partial charge is 0.384 e. The van der Waals surface area contributed by atoms with E-state index in [-0.39, 0.29) is 0 Å². The fraction of sp³-hybridized carbons (Fsp3) is 0.462. The zero-order valence-electron chi connectivity index (χ0n) is 10.7. The molecule has 4 nitrogen and oxygen atoms in total. The van der Waals surface area contributed by atoms with Crippen LogP contribution in [0.25, 0.3) is 0 Å². The average Bonchev–Trinajstić information content (AvgIpc) is 2.35. The van der Waals surface area contributed by atoms with Gasteiger partial charge in [0.15, 0.2) is 0 Å².